The summed E-state index contributed by atoms with van der Waals surface area (Å²) < 4.78 is 42.1. The standard InChI is InChI=1S/C13H15F3N2O2/c14-13(15,16)11(17)10-6-18(7-10)12(19)20-8-9-4-2-1-3-5-9/h1-5,10-11H,6-8,17H2. The quantitative estimate of drug-likeness (QED) is 0.927. The molecule has 1 aromatic carbocycles. The molecule has 1 aliphatic heterocycles. The summed E-state index contributed by atoms with van der Waals surface area (Å²) in [5, 5.41) is 0. The molecule has 1 saturated heterocycles. The van der Waals surface area contributed by atoms with E-state index >= 15 is 0 Å². The fourth-order valence-electron chi connectivity index (χ4n) is 1.97. The second-order valence-electron chi connectivity index (χ2n) is 4.77. The Hall–Kier alpha value is -1.76. The number of hydrogen-bond donors (Lipinski definition) is 1. The summed E-state index contributed by atoms with van der Waals surface area (Å²) in [5.41, 5.74) is 5.90. The van der Waals surface area contributed by atoms with Crippen LogP contribution >= 0.6 is 0 Å². The Morgan fingerprint density at radius 2 is 1.95 bits per heavy atom. The lowest BCUT2D eigenvalue weighted by Gasteiger charge is -2.41. The maximum Gasteiger partial charge on any atom is 0.410 e. The average Bonchev–Trinajstić information content (AvgIpc) is 2.34. The van der Waals surface area contributed by atoms with E-state index in [0.29, 0.717) is 0 Å². The lowest BCUT2D eigenvalue weighted by molar-refractivity contribution is -0.169. The Morgan fingerprint density at radius 3 is 2.50 bits per heavy atom. The van der Waals surface area contributed by atoms with Crippen LogP contribution in [0.5, 0.6) is 0 Å². The molecule has 20 heavy (non-hydrogen) atoms. The number of nitrogens with zero attached hydrogens (tertiary/aromatic N) is 1. The highest BCUT2D eigenvalue weighted by Gasteiger charge is 2.47. The molecule has 0 aromatic heterocycles. The Morgan fingerprint density at radius 1 is 1.35 bits per heavy atom. The van der Waals surface area contributed by atoms with Gasteiger partial charge in [-0.1, -0.05) is 30.3 Å². The molecule has 0 radical (unpaired) electrons. The van der Waals surface area contributed by atoms with E-state index in [1.165, 1.54) is 4.90 Å². The fourth-order valence-corrected chi connectivity index (χ4v) is 1.97. The summed E-state index contributed by atoms with van der Waals surface area (Å²) in [6.07, 6.45) is -5.04. The van der Waals surface area contributed by atoms with Gasteiger partial charge < -0.3 is 15.4 Å². The largest absolute Gasteiger partial charge is 0.445 e. The molecular formula is C13H15F3N2O2. The highest BCUT2D eigenvalue weighted by molar-refractivity contribution is 5.68. The number of likely N-dealkylation sites (tertiary alicyclic amines) is 1. The van der Waals surface area contributed by atoms with Crippen molar-refractivity contribution in [1.29, 1.82) is 0 Å². The zero-order valence-electron chi connectivity index (χ0n) is 10.6. The van der Waals surface area contributed by atoms with E-state index in [-0.39, 0.29) is 19.7 Å². The van der Waals surface area contributed by atoms with Crippen molar-refractivity contribution in [2.45, 2.75) is 18.8 Å². The SMILES string of the molecule is NC(C1CN(C(=O)OCc2ccccc2)C1)C(F)(F)F. The number of rotatable bonds is 3. The molecule has 1 heterocycles. The molecule has 0 aliphatic carbocycles. The molecule has 4 nitrogen and oxygen atoms in total. The van der Waals surface area contributed by atoms with Crippen LogP contribution in [-0.2, 0) is 11.3 Å². The first-order valence-electron chi connectivity index (χ1n) is 6.16. The number of hydrogen-bond acceptors (Lipinski definition) is 3. The minimum atomic E-state index is -4.43. The second-order valence-corrected chi connectivity index (χ2v) is 4.77. The predicted octanol–water partition coefficient (Wildman–Crippen LogP) is 2.14. The van der Waals surface area contributed by atoms with Crippen LogP contribution in [-0.4, -0.2) is 36.3 Å². The molecule has 0 spiro atoms. The Balaban J connectivity index is 1.74. The van der Waals surface area contributed by atoms with Gasteiger partial charge >= 0.3 is 12.3 Å². The summed E-state index contributed by atoms with van der Waals surface area (Å²) in [5.74, 6) is -0.751. The van der Waals surface area contributed by atoms with Crippen molar-refractivity contribution < 1.29 is 22.7 Å². The number of nitrogens with two attached hydrogens (primary N) is 1. The molecule has 0 saturated carbocycles. The number of amides is 1. The van der Waals surface area contributed by atoms with E-state index in [0.717, 1.165) is 5.56 Å². The maximum atomic E-state index is 12.4. The Kier molecular flexibility index (Phi) is 4.17. The van der Waals surface area contributed by atoms with Crippen LogP contribution < -0.4 is 5.73 Å². The summed E-state index contributed by atoms with van der Waals surface area (Å²) in [6, 6.07) is 7.17. The molecule has 1 unspecified atom stereocenters. The summed E-state index contributed by atoms with van der Waals surface area (Å²) in [7, 11) is 0. The molecule has 1 fully saturated rings. The summed E-state index contributed by atoms with van der Waals surface area (Å²) in [6.45, 7) is 0.0642. The van der Waals surface area contributed by atoms with E-state index in [4.69, 9.17) is 10.5 Å². The lowest BCUT2D eigenvalue weighted by atomic mass is 9.92. The van der Waals surface area contributed by atoms with Crippen molar-refractivity contribution in [1.82, 2.24) is 4.90 Å². The molecule has 1 aliphatic rings. The molecule has 2 rings (SSSR count). The number of ether oxygens (including phenoxy) is 1. The third-order valence-electron chi connectivity index (χ3n) is 3.26. The second kappa shape index (κ2) is 5.70. The van der Waals surface area contributed by atoms with Gasteiger partial charge in [0.2, 0.25) is 0 Å². The van der Waals surface area contributed by atoms with Crippen LogP contribution in [0.4, 0.5) is 18.0 Å². The molecule has 1 aromatic rings. The van der Waals surface area contributed by atoms with Crippen LogP contribution in [0, 0.1) is 5.92 Å². The van der Waals surface area contributed by atoms with Crippen molar-refractivity contribution in [3.05, 3.63) is 35.9 Å². The number of carbonyl (C=O) groups is 1. The van der Waals surface area contributed by atoms with Gasteiger partial charge in [-0.05, 0) is 5.56 Å². The van der Waals surface area contributed by atoms with E-state index in [2.05, 4.69) is 0 Å². The number of halogens is 3. The molecule has 2 N–H and O–H groups in total. The van der Waals surface area contributed by atoms with E-state index in [1.807, 2.05) is 18.2 Å². The van der Waals surface area contributed by atoms with Crippen LogP contribution in [0.15, 0.2) is 30.3 Å². The first-order valence-corrected chi connectivity index (χ1v) is 6.16. The van der Waals surface area contributed by atoms with Crippen LogP contribution in [0.1, 0.15) is 5.56 Å². The number of carbonyl (C=O) groups excluding carboxylic acids is 1. The highest BCUT2D eigenvalue weighted by atomic mass is 19.4. The Bertz CT molecular complexity index is 458. The van der Waals surface area contributed by atoms with Gasteiger partial charge in [0.15, 0.2) is 0 Å². The van der Waals surface area contributed by atoms with Crippen LogP contribution in [0.25, 0.3) is 0 Å². The molecule has 1 atom stereocenters. The molecule has 110 valence electrons. The smallest absolute Gasteiger partial charge is 0.410 e. The highest BCUT2D eigenvalue weighted by Crippen LogP contribution is 2.29. The first kappa shape index (κ1) is 14.6. The average molecular weight is 288 g/mol. The molecule has 7 heteroatoms. The van der Waals surface area contributed by atoms with Gasteiger partial charge in [0.25, 0.3) is 0 Å². The minimum absolute atomic E-state index is 0.0195. The van der Waals surface area contributed by atoms with Crippen molar-refractivity contribution in [2.24, 2.45) is 11.7 Å². The normalized spacial score (nSPS) is 17.5. The summed E-state index contributed by atoms with van der Waals surface area (Å²) in [4.78, 5) is 12.8. The van der Waals surface area contributed by atoms with Crippen molar-refractivity contribution in [3.8, 4) is 0 Å². The van der Waals surface area contributed by atoms with Gasteiger partial charge in [0, 0.05) is 19.0 Å². The van der Waals surface area contributed by atoms with Gasteiger partial charge in [0.05, 0.1) is 0 Å². The topological polar surface area (TPSA) is 55.6 Å². The first-order chi connectivity index (χ1) is 9.38. The monoisotopic (exact) mass is 288 g/mol. The molecular weight excluding hydrogens is 273 g/mol. The maximum absolute atomic E-state index is 12.4. The third kappa shape index (κ3) is 3.41. The minimum Gasteiger partial charge on any atom is -0.445 e. The van der Waals surface area contributed by atoms with Crippen molar-refractivity contribution >= 4 is 6.09 Å². The van der Waals surface area contributed by atoms with Crippen LogP contribution in [0.2, 0.25) is 0 Å². The zero-order valence-corrected chi connectivity index (χ0v) is 10.6. The predicted molar refractivity (Wildman–Crippen MR) is 65.7 cm³/mol. The summed E-state index contributed by atoms with van der Waals surface area (Å²) >= 11 is 0. The van der Waals surface area contributed by atoms with Gasteiger partial charge in [-0.15, -0.1) is 0 Å². The van der Waals surface area contributed by atoms with E-state index in [1.54, 1.807) is 12.1 Å². The van der Waals surface area contributed by atoms with Gasteiger partial charge in [-0.25, -0.2) is 4.79 Å². The van der Waals surface area contributed by atoms with Gasteiger partial charge in [0.1, 0.15) is 12.6 Å². The molecule has 1 amide bonds. The molecule has 0 bridgehead atoms. The van der Waals surface area contributed by atoms with Crippen molar-refractivity contribution in [2.75, 3.05) is 13.1 Å². The Labute approximate surface area is 114 Å². The van der Waals surface area contributed by atoms with Crippen LogP contribution in [0.3, 0.4) is 0 Å². The lowest BCUT2D eigenvalue weighted by Crippen LogP contribution is -2.60. The zero-order chi connectivity index (χ0) is 14.8. The fraction of sp³-hybridized carbons (Fsp3) is 0.462. The van der Waals surface area contributed by atoms with E-state index in [9.17, 15) is 18.0 Å². The third-order valence-corrected chi connectivity index (χ3v) is 3.26. The number of benzene rings is 1. The van der Waals surface area contributed by atoms with E-state index < -0.39 is 24.2 Å². The van der Waals surface area contributed by atoms with Gasteiger partial charge in [-0.3, -0.25) is 0 Å². The number of alkyl halides is 3. The van der Waals surface area contributed by atoms with Gasteiger partial charge in [-0.2, -0.15) is 13.2 Å². The van der Waals surface area contributed by atoms with Crippen molar-refractivity contribution in [3.63, 3.8) is 0 Å².